The van der Waals surface area contributed by atoms with Crippen LogP contribution in [-0.2, 0) is 11.8 Å². The molecule has 2 aliphatic carbocycles. The molecule has 6 nitrogen and oxygen atoms in total. The summed E-state index contributed by atoms with van der Waals surface area (Å²) in [5, 5.41) is 3.64. The Hall–Kier alpha value is -2.96. The molecule has 1 N–H and O–H groups in total. The van der Waals surface area contributed by atoms with Crippen LogP contribution in [0.1, 0.15) is 19.3 Å². The Morgan fingerprint density at radius 3 is 2.89 bits per heavy atom. The van der Waals surface area contributed by atoms with E-state index >= 15 is 0 Å². The Balaban J connectivity index is 1.49. The molecular weight excluding hydrogens is 347 g/mol. The number of carbonyl (C=O) groups excluding carboxylic acids is 1. The van der Waals surface area contributed by atoms with Crippen molar-refractivity contribution in [3.63, 3.8) is 0 Å². The molecule has 3 aromatic rings. The fraction of sp³-hybridized carbons (Fsp3) is 0.350. The molecule has 0 saturated heterocycles. The standard InChI is InChI=1S/C20H19FN4O2/c1-25-16(14-9-22-5-4-18(14)27-12-2-3-12)6-11-7-19(23-10-17(11)25)24-20(26)13-8-15(13)21/h4-7,9-10,12-13,15H,2-3,8H2,1H3,(H,23,24,26)/t13-,15+/m1/s1. The summed E-state index contributed by atoms with van der Waals surface area (Å²) < 4.78 is 21.1. The zero-order valence-electron chi connectivity index (χ0n) is 14.9. The van der Waals surface area contributed by atoms with Crippen LogP contribution in [0.25, 0.3) is 22.2 Å². The average Bonchev–Trinajstić information content (AvgIpc) is 3.57. The average molecular weight is 366 g/mol. The van der Waals surface area contributed by atoms with Crippen molar-refractivity contribution in [2.24, 2.45) is 13.0 Å². The first-order valence-corrected chi connectivity index (χ1v) is 9.11. The van der Waals surface area contributed by atoms with Crippen LogP contribution in [0.5, 0.6) is 5.75 Å². The van der Waals surface area contributed by atoms with Crippen molar-refractivity contribution in [3.05, 3.63) is 36.8 Å². The van der Waals surface area contributed by atoms with Gasteiger partial charge in [0.2, 0.25) is 5.91 Å². The summed E-state index contributed by atoms with van der Waals surface area (Å²) >= 11 is 0. The Bertz CT molecular complexity index is 1040. The molecule has 0 spiro atoms. The molecule has 2 saturated carbocycles. The minimum Gasteiger partial charge on any atom is -0.490 e. The lowest BCUT2D eigenvalue weighted by molar-refractivity contribution is -0.117. The maximum Gasteiger partial charge on any atom is 0.231 e. The maximum atomic E-state index is 13.1. The van der Waals surface area contributed by atoms with Crippen LogP contribution in [0.2, 0.25) is 0 Å². The minimum atomic E-state index is -1.02. The molecule has 7 heteroatoms. The highest BCUT2D eigenvalue weighted by Crippen LogP contribution is 2.37. The highest BCUT2D eigenvalue weighted by Gasteiger charge is 2.43. The number of hydrogen-bond acceptors (Lipinski definition) is 4. The number of pyridine rings is 2. The van der Waals surface area contributed by atoms with Gasteiger partial charge in [-0.25, -0.2) is 9.37 Å². The van der Waals surface area contributed by atoms with Gasteiger partial charge in [0.15, 0.2) is 0 Å². The molecule has 3 heterocycles. The molecule has 2 aliphatic rings. The Morgan fingerprint density at radius 1 is 1.33 bits per heavy atom. The molecule has 1 amide bonds. The first-order valence-electron chi connectivity index (χ1n) is 9.11. The molecule has 3 aromatic heterocycles. The topological polar surface area (TPSA) is 69.0 Å². The summed E-state index contributed by atoms with van der Waals surface area (Å²) in [6, 6.07) is 5.72. The first kappa shape index (κ1) is 16.2. The second-order valence-corrected chi connectivity index (χ2v) is 7.25. The molecule has 5 rings (SSSR count). The van der Waals surface area contributed by atoms with Crippen LogP contribution in [-0.4, -0.2) is 32.7 Å². The number of aromatic nitrogens is 3. The normalized spacial score (nSPS) is 21.3. The van der Waals surface area contributed by atoms with Crippen molar-refractivity contribution in [3.8, 4) is 17.0 Å². The van der Waals surface area contributed by atoms with Crippen molar-refractivity contribution < 1.29 is 13.9 Å². The van der Waals surface area contributed by atoms with Crippen LogP contribution in [0.3, 0.4) is 0 Å². The molecule has 0 aromatic carbocycles. The number of hydrogen-bond donors (Lipinski definition) is 1. The van der Waals surface area contributed by atoms with Gasteiger partial charge in [-0.1, -0.05) is 0 Å². The second kappa shape index (κ2) is 6.04. The van der Waals surface area contributed by atoms with E-state index in [2.05, 4.69) is 15.3 Å². The largest absolute Gasteiger partial charge is 0.490 e. The van der Waals surface area contributed by atoms with Gasteiger partial charge in [0.25, 0.3) is 0 Å². The quantitative estimate of drug-likeness (QED) is 0.751. The van der Waals surface area contributed by atoms with Gasteiger partial charge in [0.1, 0.15) is 17.7 Å². The van der Waals surface area contributed by atoms with Crippen LogP contribution >= 0.6 is 0 Å². The third-order valence-electron chi connectivity index (χ3n) is 5.10. The maximum absolute atomic E-state index is 13.1. The number of aryl methyl sites for hydroxylation is 1. The van der Waals surface area contributed by atoms with Gasteiger partial charge in [-0.3, -0.25) is 9.78 Å². The number of alkyl halides is 1. The number of fused-ring (bicyclic) bond motifs is 1. The van der Waals surface area contributed by atoms with Crippen molar-refractivity contribution in [1.82, 2.24) is 14.5 Å². The minimum absolute atomic E-state index is 0.297. The summed E-state index contributed by atoms with van der Waals surface area (Å²) in [5.41, 5.74) is 2.82. The van der Waals surface area contributed by atoms with E-state index in [4.69, 9.17) is 4.74 Å². The van der Waals surface area contributed by atoms with Gasteiger partial charge in [-0.2, -0.15) is 0 Å². The number of nitrogens with zero attached hydrogens (tertiary/aromatic N) is 3. The predicted molar refractivity (Wildman–Crippen MR) is 99.2 cm³/mol. The smallest absolute Gasteiger partial charge is 0.231 e. The van der Waals surface area contributed by atoms with E-state index in [1.807, 2.05) is 29.8 Å². The molecule has 0 bridgehead atoms. The lowest BCUT2D eigenvalue weighted by Gasteiger charge is -2.11. The fourth-order valence-electron chi connectivity index (χ4n) is 3.26. The van der Waals surface area contributed by atoms with E-state index in [-0.39, 0.29) is 5.91 Å². The summed E-state index contributed by atoms with van der Waals surface area (Å²) in [4.78, 5) is 20.5. The van der Waals surface area contributed by atoms with Crippen LogP contribution < -0.4 is 10.1 Å². The van der Waals surface area contributed by atoms with Crippen molar-refractivity contribution in [2.45, 2.75) is 31.5 Å². The molecule has 138 valence electrons. The summed E-state index contributed by atoms with van der Waals surface area (Å²) in [7, 11) is 1.96. The van der Waals surface area contributed by atoms with Crippen LogP contribution in [0.4, 0.5) is 10.2 Å². The van der Waals surface area contributed by atoms with Crippen LogP contribution in [0.15, 0.2) is 36.8 Å². The lowest BCUT2D eigenvalue weighted by atomic mass is 10.2. The van der Waals surface area contributed by atoms with E-state index in [9.17, 15) is 9.18 Å². The molecule has 27 heavy (non-hydrogen) atoms. The number of rotatable bonds is 5. The van der Waals surface area contributed by atoms with E-state index in [1.165, 1.54) is 0 Å². The van der Waals surface area contributed by atoms with Gasteiger partial charge >= 0.3 is 0 Å². The molecule has 0 radical (unpaired) electrons. The first-order chi connectivity index (χ1) is 13.1. The van der Waals surface area contributed by atoms with Crippen molar-refractivity contribution >= 4 is 22.6 Å². The Labute approximate surface area is 155 Å². The molecule has 0 unspecified atom stereocenters. The lowest BCUT2D eigenvalue weighted by Crippen LogP contribution is -2.15. The van der Waals surface area contributed by atoms with Gasteiger partial charge in [0.05, 0.1) is 35.0 Å². The van der Waals surface area contributed by atoms with E-state index in [0.29, 0.717) is 18.3 Å². The zero-order valence-corrected chi connectivity index (χ0v) is 14.9. The number of anilines is 1. The van der Waals surface area contributed by atoms with Crippen molar-refractivity contribution in [1.29, 1.82) is 0 Å². The fourth-order valence-corrected chi connectivity index (χ4v) is 3.26. The third-order valence-corrected chi connectivity index (χ3v) is 5.10. The van der Waals surface area contributed by atoms with Gasteiger partial charge in [-0.15, -0.1) is 0 Å². The number of amides is 1. The van der Waals surface area contributed by atoms with Gasteiger partial charge < -0.3 is 14.6 Å². The highest BCUT2D eigenvalue weighted by atomic mass is 19.1. The molecule has 2 fully saturated rings. The summed E-state index contributed by atoms with van der Waals surface area (Å²) in [6.45, 7) is 0. The number of halogens is 1. The number of nitrogens with one attached hydrogen (secondary N) is 1. The summed E-state index contributed by atoms with van der Waals surface area (Å²) in [5.74, 6) is 0.413. The SMILES string of the molecule is Cn1c(-c2cnccc2OC2CC2)cc2cc(NC(=O)[C@@H]3C[C@@H]3F)ncc21. The zero-order chi connectivity index (χ0) is 18.5. The molecule has 0 aliphatic heterocycles. The van der Waals surface area contributed by atoms with E-state index in [1.54, 1.807) is 18.6 Å². The molecule has 2 atom stereocenters. The number of carbonyl (C=O) groups is 1. The van der Waals surface area contributed by atoms with Crippen LogP contribution in [0, 0.1) is 5.92 Å². The van der Waals surface area contributed by atoms with Gasteiger partial charge in [0, 0.05) is 24.8 Å². The summed E-state index contributed by atoms with van der Waals surface area (Å²) in [6.07, 6.45) is 7.00. The monoisotopic (exact) mass is 366 g/mol. The molecular formula is C20H19FN4O2. The Kier molecular flexibility index (Phi) is 3.63. The Morgan fingerprint density at radius 2 is 2.15 bits per heavy atom. The highest BCUT2D eigenvalue weighted by molar-refractivity contribution is 5.96. The van der Waals surface area contributed by atoms with E-state index in [0.717, 1.165) is 40.8 Å². The third kappa shape index (κ3) is 3.03. The van der Waals surface area contributed by atoms with Crippen molar-refractivity contribution in [2.75, 3.05) is 5.32 Å². The predicted octanol–water partition coefficient (Wildman–Crippen LogP) is 3.47. The number of ether oxygens (including phenoxy) is 1. The van der Waals surface area contributed by atoms with Gasteiger partial charge in [-0.05, 0) is 37.5 Å². The second-order valence-electron chi connectivity index (χ2n) is 7.25. The van der Waals surface area contributed by atoms with E-state index < -0.39 is 12.1 Å².